The van der Waals surface area contributed by atoms with E-state index in [0.717, 1.165) is 13.0 Å². The Balaban J connectivity index is 2.50. The van der Waals surface area contributed by atoms with Crippen molar-refractivity contribution in [2.24, 2.45) is 5.41 Å². The lowest BCUT2D eigenvalue weighted by molar-refractivity contribution is 0.297. The third kappa shape index (κ3) is 5.20. The molecule has 1 unspecified atom stereocenters. The molecule has 0 saturated carbocycles. The lowest BCUT2D eigenvalue weighted by Crippen LogP contribution is -2.32. The largest absolute Gasteiger partial charge is 0.309 e. The van der Waals surface area contributed by atoms with E-state index < -0.39 is 0 Å². The Hall–Kier alpha value is -0.850. The molecule has 0 bridgehead atoms. The first-order valence-electron chi connectivity index (χ1n) is 6.73. The Kier molecular flexibility index (Phi) is 6.38. The Bertz CT molecular complexity index is 362. The molecule has 100 valence electrons. The van der Waals surface area contributed by atoms with Crippen LogP contribution < -0.4 is 5.32 Å². The first-order valence-corrected chi connectivity index (χ1v) is 7.61. The fourth-order valence-corrected chi connectivity index (χ4v) is 2.84. The predicted molar refractivity (Wildman–Crippen MR) is 78.6 cm³/mol. The van der Waals surface area contributed by atoms with Crippen LogP contribution in [0.4, 0.5) is 0 Å². The highest BCUT2D eigenvalue weighted by molar-refractivity contribution is 7.10. The average molecular weight is 264 g/mol. The summed E-state index contributed by atoms with van der Waals surface area (Å²) >= 11 is 1.82. The number of nitrogens with zero attached hydrogens (tertiary/aromatic N) is 1. The van der Waals surface area contributed by atoms with E-state index in [1.54, 1.807) is 0 Å². The third-order valence-corrected chi connectivity index (χ3v) is 4.19. The van der Waals surface area contributed by atoms with Gasteiger partial charge in [-0.15, -0.1) is 11.3 Å². The van der Waals surface area contributed by atoms with Crippen LogP contribution in [0.2, 0.25) is 0 Å². The molecule has 1 N–H and O–H groups in total. The standard InChI is InChI=1S/C15H24N2S/c1-4-7-13(14-8-5-11-18-14)17-12-15(2,3)9-6-10-16/h5,8,11,13,17H,4,6-7,9,12H2,1-3H3. The van der Waals surface area contributed by atoms with Gasteiger partial charge in [0.25, 0.3) is 0 Å². The minimum atomic E-state index is 0.193. The van der Waals surface area contributed by atoms with Crippen LogP contribution in [-0.2, 0) is 0 Å². The van der Waals surface area contributed by atoms with Gasteiger partial charge < -0.3 is 5.32 Å². The summed E-state index contributed by atoms with van der Waals surface area (Å²) in [5.41, 5.74) is 0.193. The van der Waals surface area contributed by atoms with Crippen molar-refractivity contribution in [3.05, 3.63) is 22.4 Å². The van der Waals surface area contributed by atoms with Crippen LogP contribution in [0.25, 0.3) is 0 Å². The fourth-order valence-electron chi connectivity index (χ4n) is 2.01. The molecular weight excluding hydrogens is 240 g/mol. The van der Waals surface area contributed by atoms with E-state index in [-0.39, 0.29) is 5.41 Å². The van der Waals surface area contributed by atoms with Gasteiger partial charge in [0.1, 0.15) is 0 Å². The van der Waals surface area contributed by atoms with Crippen molar-refractivity contribution in [2.75, 3.05) is 6.54 Å². The summed E-state index contributed by atoms with van der Waals surface area (Å²) in [4.78, 5) is 1.42. The second-order valence-corrected chi connectivity index (χ2v) is 6.54. The number of rotatable bonds is 8. The van der Waals surface area contributed by atoms with E-state index >= 15 is 0 Å². The second-order valence-electron chi connectivity index (χ2n) is 5.56. The summed E-state index contributed by atoms with van der Waals surface area (Å²) in [5.74, 6) is 0. The van der Waals surface area contributed by atoms with Gasteiger partial charge >= 0.3 is 0 Å². The van der Waals surface area contributed by atoms with Crippen LogP contribution in [0.3, 0.4) is 0 Å². The summed E-state index contributed by atoms with van der Waals surface area (Å²) in [5, 5.41) is 14.5. The summed E-state index contributed by atoms with van der Waals surface area (Å²) in [6, 6.07) is 7.03. The molecule has 3 heteroatoms. The molecular formula is C15H24N2S. The molecule has 0 saturated heterocycles. The van der Waals surface area contributed by atoms with Gasteiger partial charge in [0.15, 0.2) is 0 Å². The van der Waals surface area contributed by atoms with E-state index in [1.807, 2.05) is 11.3 Å². The lowest BCUT2D eigenvalue weighted by atomic mass is 9.87. The van der Waals surface area contributed by atoms with Gasteiger partial charge in [0.05, 0.1) is 6.07 Å². The molecule has 1 aromatic heterocycles. The number of thiophene rings is 1. The highest BCUT2D eigenvalue weighted by atomic mass is 32.1. The fraction of sp³-hybridized carbons (Fsp3) is 0.667. The monoisotopic (exact) mass is 264 g/mol. The van der Waals surface area contributed by atoms with E-state index in [0.29, 0.717) is 12.5 Å². The van der Waals surface area contributed by atoms with Gasteiger partial charge in [-0.05, 0) is 29.7 Å². The van der Waals surface area contributed by atoms with Crippen molar-refractivity contribution in [2.45, 2.75) is 52.5 Å². The minimum absolute atomic E-state index is 0.193. The van der Waals surface area contributed by atoms with E-state index in [1.165, 1.54) is 17.7 Å². The van der Waals surface area contributed by atoms with Gasteiger partial charge in [-0.1, -0.05) is 33.3 Å². The number of nitrogens with one attached hydrogen (secondary N) is 1. The maximum absolute atomic E-state index is 8.67. The maximum atomic E-state index is 8.67. The van der Waals surface area contributed by atoms with Crippen molar-refractivity contribution in [1.82, 2.24) is 5.32 Å². The summed E-state index contributed by atoms with van der Waals surface area (Å²) in [6.07, 6.45) is 3.97. The molecule has 2 nitrogen and oxygen atoms in total. The van der Waals surface area contributed by atoms with Crippen molar-refractivity contribution in [1.29, 1.82) is 5.26 Å². The molecule has 0 aliphatic carbocycles. The van der Waals surface area contributed by atoms with Crippen LogP contribution >= 0.6 is 11.3 Å². The zero-order valence-electron chi connectivity index (χ0n) is 11.7. The second kappa shape index (κ2) is 7.56. The van der Waals surface area contributed by atoms with Crippen molar-refractivity contribution >= 4 is 11.3 Å². The zero-order chi connectivity index (χ0) is 13.4. The minimum Gasteiger partial charge on any atom is -0.309 e. The molecule has 18 heavy (non-hydrogen) atoms. The van der Waals surface area contributed by atoms with Crippen LogP contribution in [0, 0.1) is 16.7 Å². The van der Waals surface area contributed by atoms with Gasteiger partial charge in [-0.25, -0.2) is 0 Å². The Labute approximate surface area is 115 Å². The molecule has 1 heterocycles. The van der Waals surface area contributed by atoms with Crippen LogP contribution in [-0.4, -0.2) is 6.54 Å². The average Bonchev–Trinajstić information content (AvgIpc) is 2.85. The lowest BCUT2D eigenvalue weighted by Gasteiger charge is -2.27. The molecule has 1 aromatic rings. The normalized spacial score (nSPS) is 13.2. The molecule has 1 rings (SSSR count). The van der Waals surface area contributed by atoms with E-state index in [4.69, 9.17) is 5.26 Å². The first kappa shape index (κ1) is 15.2. The SMILES string of the molecule is CCCC(NCC(C)(C)CCC#N)c1cccs1. The smallest absolute Gasteiger partial charge is 0.0621 e. The number of nitriles is 1. The van der Waals surface area contributed by atoms with Gasteiger partial charge in [0.2, 0.25) is 0 Å². The maximum Gasteiger partial charge on any atom is 0.0621 e. The third-order valence-electron chi connectivity index (χ3n) is 3.20. The highest BCUT2D eigenvalue weighted by Gasteiger charge is 2.20. The molecule has 1 atom stereocenters. The van der Waals surface area contributed by atoms with Crippen LogP contribution in [0.15, 0.2) is 17.5 Å². The number of hydrogen-bond acceptors (Lipinski definition) is 3. The van der Waals surface area contributed by atoms with Crippen LogP contribution in [0.5, 0.6) is 0 Å². The molecule has 0 amide bonds. The first-order chi connectivity index (χ1) is 8.59. The highest BCUT2D eigenvalue weighted by Crippen LogP contribution is 2.26. The number of hydrogen-bond donors (Lipinski definition) is 1. The Morgan fingerprint density at radius 3 is 2.83 bits per heavy atom. The quantitative estimate of drug-likeness (QED) is 0.750. The van der Waals surface area contributed by atoms with Crippen molar-refractivity contribution in [3.63, 3.8) is 0 Å². The van der Waals surface area contributed by atoms with Crippen LogP contribution in [0.1, 0.15) is 57.4 Å². The zero-order valence-corrected chi connectivity index (χ0v) is 12.5. The molecule has 0 fully saturated rings. The summed E-state index contributed by atoms with van der Waals surface area (Å²) < 4.78 is 0. The predicted octanol–water partition coefficient (Wildman–Crippen LogP) is 4.51. The topological polar surface area (TPSA) is 35.8 Å². The van der Waals surface area contributed by atoms with E-state index in [9.17, 15) is 0 Å². The summed E-state index contributed by atoms with van der Waals surface area (Å²) in [6.45, 7) is 7.66. The van der Waals surface area contributed by atoms with Gasteiger partial charge in [-0.3, -0.25) is 0 Å². The molecule has 0 spiro atoms. The van der Waals surface area contributed by atoms with Crippen molar-refractivity contribution < 1.29 is 0 Å². The molecule has 0 aromatic carbocycles. The summed E-state index contributed by atoms with van der Waals surface area (Å²) in [7, 11) is 0. The van der Waals surface area contributed by atoms with Gasteiger partial charge in [-0.2, -0.15) is 5.26 Å². The van der Waals surface area contributed by atoms with E-state index in [2.05, 4.69) is 49.7 Å². The Morgan fingerprint density at radius 2 is 2.28 bits per heavy atom. The molecule has 0 radical (unpaired) electrons. The molecule has 0 aliphatic rings. The Morgan fingerprint density at radius 1 is 1.50 bits per heavy atom. The molecule has 0 aliphatic heterocycles. The van der Waals surface area contributed by atoms with Gasteiger partial charge in [0, 0.05) is 23.9 Å². The van der Waals surface area contributed by atoms with Crippen molar-refractivity contribution in [3.8, 4) is 6.07 Å².